The Bertz CT molecular complexity index is 679. The summed E-state index contributed by atoms with van der Waals surface area (Å²) in [5.74, 6) is -0.302. The number of carbonyl (C=O) groups is 2. The Morgan fingerprint density at radius 1 is 1.38 bits per heavy atom. The lowest BCUT2D eigenvalue weighted by Gasteiger charge is -2.28. The van der Waals surface area contributed by atoms with E-state index in [1.54, 1.807) is 0 Å². The molecule has 1 aromatic carbocycles. The highest BCUT2D eigenvalue weighted by atomic mass is 16.2. The summed E-state index contributed by atoms with van der Waals surface area (Å²) in [6.07, 6.45) is 2.35. The van der Waals surface area contributed by atoms with Crippen molar-refractivity contribution in [2.45, 2.75) is 12.5 Å². The molecule has 21 heavy (non-hydrogen) atoms. The first kappa shape index (κ1) is 13.6. The predicted octanol–water partition coefficient (Wildman–Crippen LogP) is -0.00390. The Hall–Kier alpha value is -2.34. The van der Waals surface area contributed by atoms with E-state index in [1.807, 2.05) is 30.5 Å². The van der Waals surface area contributed by atoms with E-state index in [4.69, 9.17) is 5.73 Å². The van der Waals surface area contributed by atoms with Crippen LogP contribution in [0.2, 0.25) is 0 Å². The van der Waals surface area contributed by atoms with Crippen LogP contribution in [0.1, 0.15) is 5.56 Å². The summed E-state index contributed by atoms with van der Waals surface area (Å²) >= 11 is 0. The molecule has 1 saturated heterocycles. The first-order chi connectivity index (χ1) is 10.1. The normalized spacial score (nSPS) is 16.8. The molecule has 0 bridgehead atoms. The number of para-hydroxylation sites is 1. The van der Waals surface area contributed by atoms with E-state index in [0.717, 1.165) is 16.5 Å². The minimum atomic E-state index is -0.630. The minimum absolute atomic E-state index is 0.0976. The van der Waals surface area contributed by atoms with Crippen LogP contribution in [0, 0.1) is 0 Å². The van der Waals surface area contributed by atoms with Crippen molar-refractivity contribution in [1.82, 2.24) is 15.2 Å². The second-order valence-corrected chi connectivity index (χ2v) is 5.28. The highest BCUT2D eigenvalue weighted by molar-refractivity contribution is 5.89. The lowest BCUT2D eigenvalue weighted by molar-refractivity contribution is -0.139. The molecule has 2 amide bonds. The van der Waals surface area contributed by atoms with Crippen LogP contribution in [0.3, 0.4) is 0 Å². The maximum absolute atomic E-state index is 12.3. The van der Waals surface area contributed by atoms with E-state index in [0.29, 0.717) is 19.5 Å². The monoisotopic (exact) mass is 286 g/mol. The molecule has 4 N–H and O–H groups in total. The van der Waals surface area contributed by atoms with Gasteiger partial charge in [-0.05, 0) is 18.1 Å². The molecule has 1 fully saturated rings. The maximum atomic E-state index is 12.3. The molecule has 1 aromatic heterocycles. The van der Waals surface area contributed by atoms with Gasteiger partial charge in [0, 0.05) is 30.2 Å². The fourth-order valence-electron chi connectivity index (χ4n) is 2.69. The van der Waals surface area contributed by atoms with Crippen LogP contribution in [0.4, 0.5) is 0 Å². The lowest BCUT2D eigenvalue weighted by Crippen LogP contribution is -2.54. The third-order valence-corrected chi connectivity index (χ3v) is 3.78. The summed E-state index contributed by atoms with van der Waals surface area (Å²) in [7, 11) is 0. The van der Waals surface area contributed by atoms with Crippen LogP contribution >= 0.6 is 0 Å². The van der Waals surface area contributed by atoms with E-state index in [2.05, 4.69) is 10.3 Å². The van der Waals surface area contributed by atoms with Crippen LogP contribution in [0.25, 0.3) is 10.9 Å². The first-order valence-corrected chi connectivity index (χ1v) is 7.01. The molecular weight excluding hydrogens is 268 g/mol. The second kappa shape index (κ2) is 5.57. The zero-order valence-electron chi connectivity index (χ0n) is 11.6. The average Bonchev–Trinajstić information content (AvgIpc) is 2.90. The van der Waals surface area contributed by atoms with E-state index in [9.17, 15) is 9.59 Å². The molecule has 0 saturated carbocycles. The number of hydrogen-bond acceptors (Lipinski definition) is 3. The highest BCUT2D eigenvalue weighted by Crippen LogP contribution is 2.19. The van der Waals surface area contributed by atoms with Gasteiger partial charge in [-0.2, -0.15) is 0 Å². The van der Waals surface area contributed by atoms with Gasteiger partial charge in [0.1, 0.15) is 0 Å². The molecule has 6 heteroatoms. The standard InChI is InChI=1S/C15H18N4O2/c16-12(15(21)19-6-5-17-14(20)9-19)7-10-8-18-13-4-2-1-3-11(10)13/h1-4,8,12,18H,5-7,9,16H2,(H,17,20)/t12-/m1/s1. The number of rotatable bonds is 3. The molecule has 0 spiro atoms. The molecule has 110 valence electrons. The number of aromatic nitrogens is 1. The average molecular weight is 286 g/mol. The number of benzene rings is 1. The minimum Gasteiger partial charge on any atom is -0.361 e. The van der Waals surface area contributed by atoms with Crippen molar-refractivity contribution < 1.29 is 9.59 Å². The largest absolute Gasteiger partial charge is 0.361 e. The van der Waals surface area contributed by atoms with Gasteiger partial charge >= 0.3 is 0 Å². The molecule has 6 nitrogen and oxygen atoms in total. The molecule has 2 aromatic rings. The van der Waals surface area contributed by atoms with Crippen molar-refractivity contribution in [2.75, 3.05) is 19.6 Å². The van der Waals surface area contributed by atoms with Gasteiger partial charge in [0.15, 0.2) is 0 Å². The third kappa shape index (κ3) is 2.75. The van der Waals surface area contributed by atoms with Gasteiger partial charge in [-0.25, -0.2) is 0 Å². The van der Waals surface area contributed by atoms with Gasteiger partial charge < -0.3 is 20.9 Å². The Morgan fingerprint density at radius 3 is 3.00 bits per heavy atom. The van der Waals surface area contributed by atoms with Gasteiger partial charge in [-0.1, -0.05) is 18.2 Å². The van der Waals surface area contributed by atoms with E-state index in [1.165, 1.54) is 4.90 Å². The van der Waals surface area contributed by atoms with E-state index in [-0.39, 0.29) is 18.4 Å². The Labute approximate surface area is 122 Å². The van der Waals surface area contributed by atoms with Crippen molar-refractivity contribution in [2.24, 2.45) is 5.73 Å². The van der Waals surface area contributed by atoms with Gasteiger partial charge in [0.05, 0.1) is 12.6 Å². The van der Waals surface area contributed by atoms with Crippen molar-refractivity contribution in [3.05, 3.63) is 36.0 Å². The number of piperazine rings is 1. The summed E-state index contributed by atoms with van der Waals surface area (Å²) in [4.78, 5) is 28.4. The Balaban J connectivity index is 1.72. The SMILES string of the molecule is N[C@H](Cc1c[nH]c2ccccc12)C(=O)N1CCNC(=O)C1. The number of aromatic amines is 1. The quantitative estimate of drug-likeness (QED) is 0.741. The fraction of sp³-hybridized carbons (Fsp3) is 0.333. The summed E-state index contributed by atoms with van der Waals surface area (Å²) < 4.78 is 0. The maximum Gasteiger partial charge on any atom is 0.240 e. The number of fused-ring (bicyclic) bond motifs is 1. The van der Waals surface area contributed by atoms with Gasteiger partial charge in [0.25, 0.3) is 0 Å². The van der Waals surface area contributed by atoms with E-state index < -0.39 is 6.04 Å². The molecule has 1 atom stereocenters. The molecule has 1 aliphatic rings. The molecule has 0 unspecified atom stereocenters. The molecule has 2 heterocycles. The van der Waals surface area contributed by atoms with Crippen molar-refractivity contribution >= 4 is 22.7 Å². The van der Waals surface area contributed by atoms with Crippen molar-refractivity contribution in [3.63, 3.8) is 0 Å². The highest BCUT2D eigenvalue weighted by Gasteiger charge is 2.26. The molecule has 3 rings (SSSR count). The summed E-state index contributed by atoms with van der Waals surface area (Å²) in [5.41, 5.74) is 8.09. The summed E-state index contributed by atoms with van der Waals surface area (Å²) in [5, 5.41) is 3.78. The predicted molar refractivity (Wildman–Crippen MR) is 79.6 cm³/mol. The summed E-state index contributed by atoms with van der Waals surface area (Å²) in [6.45, 7) is 1.11. The molecular formula is C15H18N4O2. The lowest BCUT2D eigenvalue weighted by atomic mass is 10.0. The van der Waals surface area contributed by atoms with Gasteiger partial charge in [0.2, 0.25) is 11.8 Å². The van der Waals surface area contributed by atoms with Crippen molar-refractivity contribution in [1.29, 1.82) is 0 Å². The van der Waals surface area contributed by atoms with Crippen LogP contribution in [-0.2, 0) is 16.0 Å². The zero-order valence-corrected chi connectivity index (χ0v) is 11.6. The summed E-state index contributed by atoms with van der Waals surface area (Å²) in [6, 6.07) is 7.28. The zero-order chi connectivity index (χ0) is 14.8. The van der Waals surface area contributed by atoms with Gasteiger partial charge in [-0.3, -0.25) is 9.59 Å². The third-order valence-electron chi connectivity index (χ3n) is 3.78. The molecule has 0 aliphatic carbocycles. The first-order valence-electron chi connectivity index (χ1n) is 7.01. The fourth-order valence-corrected chi connectivity index (χ4v) is 2.69. The van der Waals surface area contributed by atoms with Crippen LogP contribution < -0.4 is 11.1 Å². The number of H-pyrrole nitrogens is 1. The Kier molecular flexibility index (Phi) is 3.62. The number of amides is 2. The number of nitrogens with zero attached hydrogens (tertiary/aromatic N) is 1. The number of nitrogens with one attached hydrogen (secondary N) is 2. The van der Waals surface area contributed by atoms with E-state index >= 15 is 0 Å². The van der Waals surface area contributed by atoms with Crippen molar-refractivity contribution in [3.8, 4) is 0 Å². The Morgan fingerprint density at radius 2 is 2.19 bits per heavy atom. The van der Waals surface area contributed by atoms with Crippen LogP contribution in [0.5, 0.6) is 0 Å². The second-order valence-electron chi connectivity index (χ2n) is 5.28. The molecule has 0 radical (unpaired) electrons. The smallest absolute Gasteiger partial charge is 0.240 e. The van der Waals surface area contributed by atoms with Crippen LogP contribution in [-0.4, -0.2) is 47.4 Å². The molecule has 1 aliphatic heterocycles. The topological polar surface area (TPSA) is 91.2 Å². The number of carbonyl (C=O) groups excluding carboxylic acids is 2. The number of nitrogens with two attached hydrogens (primary N) is 1. The van der Waals surface area contributed by atoms with Gasteiger partial charge in [-0.15, -0.1) is 0 Å². The number of hydrogen-bond donors (Lipinski definition) is 3. The van der Waals surface area contributed by atoms with Crippen LogP contribution in [0.15, 0.2) is 30.5 Å².